The van der Waals surface area contributed by atoms with Crippen molar-refractivity contribution in [3.63, 3.8) is 0 Å². The molecule has 0 saturated carbocycles. The Morgan fingerprint density at radius 2 is 1.79 bits per heavy atom. The molecule has 0 aliphatic rings. The molecule has 0 atom stereocenters. The second kappa shape index (κ2) is 7.72. The molecule has 0 aliphatic heterocycles. The van der Waals surface area contributed by atoms with E-state index >= 15 is 0 Å². The minimum absolute atomic E-state index is 0.233. The van der Waals surface area contributed by atoms with Crippen LogP contribution in [0, 0.1) is 13.8 Å². The number of carbonyl (C=O) groups is 2. The fraction of sp³-hybridized carbons (Fsp3) is 0.100. The van der Waals surface area contributed by atoms with Crippen LogP contribution in [-0.2, 0) is 0 Å². The first-order valence-electron chi connectivity index (χ1n) is 8.77. The zero-order chi connectivity index (χ0) is 20.4. The van der Waals surface area contributed by atoms with E-state index in [1.54, 1.807) is 19.1 Å². The monoisotopic (exact) mass is 407 g/mol. The van der Waals surface area contributed by atoms with Crippen LogP contribution in [0.25, 0.3) is 22.0 Å². The van der Waals surface area contributed by atoms with E-state index in [4.69, 9.17) is 4.42 Å². The number of carbonyl (C=O) groups excluding carboxylic acids is 2. The van der Waals surface area contributed by atoms with Crippen molar-refractivity contribution in [1.82, 2.24) is 26.0 Å². The lowest BCUT2D eigenvalue weighted by Crippen LogP contribution is -2.41. The summed E-state index contributed by atoms with van der Waals surface area (Å²) >= 11 is 1.19. The summed E-state index contributed by atoms with van der Waals surface area (Å²) in [5.41, 5.74) is 7.11. The molecule has 3 heterocycles. The lowest BCUT2D eigenvalue weighted by molar-refractivity contribution is 0.0845. The molecule has 0 saturated heterocycles. The third-order valence-corrected chi connectivity index (χ3v) is 5.31. The van der Waals surface area contributed by atoms with E-state index < -0.39 is 11.8 Å². The van der Waals surface area contributed by atoms with Gasteiger partial charge in [-0.25, -0.2) is 4.98 Å². The van der Waals surface area contributed by atoms with Gasteiger partial charge in [0.05, 0.1) is 11.4 Å². The van der Waals surface area contributed by atoms with Gasteiger partial charge in [0.1, 0.15) is 16.3 Å². The lowest BCUT2D eigenvalue weighted by Gasteiger charge is -2.04. The molecule has 0 radical (unpaired) electrons. The molecule has 1 aromatic carbocycles. The average molecular weight is 407 g/mol. The van der Waals surface area contributed by atoms with Gasteiger partial charge in [-0.15, -0.1) is 11.3 Å². The number of aromatic amines is 1. The van der Waals surface area contributed by atoms with Crippen LogP contribution in [-0.4, -0.2) is 27.0 Å². The van der Waals surface area contributed by atoms with Gasteiger partial charge in [0.15, 0.2) is 10.8 Å². The summed E-state index contributed by atoms with van der Waals surface area (Å²) in [5.74, 6) is 0.410. The second-order valence-electron chi connectivity index (χ2n) is 6.28. The van der Waals surface area contributed by atoms with Crippen LogP contribution in [0.2, 0.25) is 0 Å². The molecule has 146 valence electrons. The largest absolute Gasteiger partial charge is 0.459 e. The highest BCUT2D eigenvalue weighted by molar-refractivity contribution is 7.17. The zero-order valence-electron chi connectivity index (χ0n) is 15.6. The molecule has 0 bridgehead atoms. The number of thiazole rings is 1. The summed E-state index contributed by atoms with van der Waals surface area (Å²) in [7, 11) is 0. The van der Waals surface area contributed by atoms with Crippen molar-refractivity contribution in [3.05, 3.63) is 70.6 Å². The van der Waals surface area contributed by atoms with E-state index in [1.165, 1.54) is 11.3 Å². The Hall–Kier alpha value is -3.72. The molecule has 4 aromatic rings. The van der Waals surface area contributed by atoms with Gasteiger partial charge < -0.3 is 4.42 Å². The predicted molar refractivity (Wildman–Crippen MR) is 108 cm³/mol. The quantitative estimate of drug-likeness (QED) is 0.448. The summed E-state index contributed by atoms with van der Waals surface area (Å²) in [5, 5.41) is 7.41. The molecule has 0 fully saturated rings. The van der Waals surface area contributed by atoms with Gasteiger partial charge in [-0.1, -0.05) is 30.3 Å². The first-order chi connectivity index (χ1) is 14.0. The predicted octanol–water partition coefficient (Wildman–Crippen LogP) is 3.48. The third-order valence-electron chi connectivity index (χ3n) is 4.14. The SMILES string of the molecule is Cc1ccc(-c2nc(C)c(C(=O)NNC(=O)c3cc(-c4ccccc4)n[nH]3)s2)o1. The van der Waals surface area contributed by atoms with Crippen LogP contribution >= 0.6 is 11.3 Å². The maximum Gasteiger partial charge on any atom is 0.287 e. The summed E-state index contributed by atoms with van der Waals surface area (Å²) in [6.45, 7) is 3.57. The van der Waals surface area contributed by atoms with Crippen molar-refractivity contribution in [2.45, 2.75) is 13.8 Å². The van der Waals surface area contributed by atoms with E-state index in [2.05, 4.69) is 26.0 Å². The molecular formula is C20H17N5O3S. The van der Waals surface area contributed by atoms with Gasteiger partial charge in [-0.05, 0) is 32.0 Å². The lowest BCUT2D eigenvalue weighted by atomic mass is 10.1. The molecule has 0 aliphatic carbocycles. The van der Waals surface area contributed by atoms with Crippen LogP contribution in [0.5, 0.6) is 0 Å². The standard InChI is InChI=1S/C20H17N5O3S/c1-11-8-9-16(28-11)20-21-12(2)17(29-20)19(27)25-24-18(26)15-10-14(22-23-15)13-6-4-3-5-7-13/h3-10H,1-2H3,(H,22,23)(H,24,26)(H,25,27). The number of furan rings is 1. The van der Waals surface area contributed by atoms with Crippen molar-refractivity contribution >= 4 is 23.2 Å². The van der Waals surface area contributed by atoms with Gasteiger partial charge in [-0.2, -0.15) is 5.10 Å². The molecule has 4 rings (SSSR count). The number of H-pyrrole nitrogens is 1. The zero-order valence-corrected chi connectivity index (χ0v) is 16.5. The molecule has 8 nitrogen and oxygen atoms in total. The Morgan fingerprint density at radius 1 is 1.03 bits per heavy atom. The second-order valence-corrected chi connectivity index (χ2v) is 7.28. The molecule has 29 heavy (non-hydrogen) atoms. The fourth-order valence-corrected chi connectivity index (χ4v) is 3.62. The maximum atomic E-state index is 12.5. The number of aromatic nitrogens is 3. The normalized spacial score (nSPS) is 10.7. The van der Waals surface area contributed by atoms with Gasteiger partial charge in [0, 0.05) is 5.56 Å². The first-order valence-corrected chi connectivity index (χ1v) is 9.58. The topological polar surface area (TPSA) is 113 Å². The van der Waals surface area contributed by atoms with Crippen LogP contribution in [0.4, 0.5) is 0 Å². The number of nitrogens with one attached hydrogen (secondary N) is 3. The van der Waals surface area contributed by atoms with Crippen LogP contribution < -0.4 is 10.9 Å². The molecule has 3 N–H and O–H groups in total. The van der Waals surface area contributed by atoms with Crippen molar-refractivity contribution in [1.29, 1.82) is 0 Å². The molecule has 3 aromatic heterocycles. The fourth-order valence-electron chi connectivity index (χ4n) is 2.69. The summed E-state index contributed by atoms with van der Waals surface area (Å²) in [6, 6.07) is 14.7. The highest BCUT2D eigenvalue weighted by Gasteiger charge is 2.19. The summed E-state index contributed by atoms with van der Waals surface area (Å²) in [6.07, 6.45) is 0. The third kappa shape index (κ3) is 3.94. The van der Waals surface area contributed by atoms with Crippen molar-refractivity contribution in [3.8, 4) is 22.0 Å². The number of rotatable bonds is 4. The van der Waals surface area contributed by atoms with E-state index in [0.717, 1.165) is 11.3 Å². The number of hydrogen-bond donors (Lipinski definition) is 3. The number of aryl methyl sites for hydroxylation is 2. The minimum Gasteiger partial charge on any atom is -0.459 e. The number of hydrazine groups is 1. The molecule has 0 unspecified atom stereocenters. The van der Waals surface area contributed by atoms with Crippen LogP contribution in [0.3, 0.4) is 0 Å². The van der Waals surface area contributed by atoms with Gasteiger partial charge >= 0.3 is 0 Å². The van der Waals surface area contributed by atoms with Crippen molar-refractivity contribution in [2.75, 3.05) is 0 Å². The molecular weight excluding hydrogens is 390 g/mol. The average Bonchev–Trinajstić information content (AvgIpc) is 3.46. The Bertz CT molecular complexity index is 1180. The van der Waals surface area contributed by atoms with Gasteiger partial charge in [0.2, 0.25) is 0 Å². The number of amides is 2. The van der Waals surface area contributed by atoms with Crippen LogP contribution in [0.15, 0.2) is 52.9 Å². The number of benzene rings is 1. The highest BCUT2D eigenvalue weighted by atomic mass is 32.1. The Kier molecular flexibility index (Phi) is 4.96. The van der Waals surface area contributed by atoms with E-state index in [1.807, 2.05) is 43.3 Å². The summed E-state index contributed by atoms with van der Waals surface area (Å²) < 4.78 is 5.55. The first kappa shape index (κ1) is 18.6. The molecule has 0 spiro atoms. The van der Waals surface area contributed by atoms with Crippen LogP contribution in [0.1, 0.15) is 31.6 Å². The summed E-state index contributed by atoms with van der Waals surface area (Å²) in [4.78, 5) is 29.5. The van der Waals surface area contributed by atoms with Crippen molar-refractivity contribution in [2.24, 2.45) is 0 Å². The van der Waals surface area contributed by atoms with Gasteiger partial charge in [-0.3, -0.25) is 25.5 Å². The minimum atomic E-state index is -0.503. The van der Waals surface area contributed by atoms with E-state index in [0.29, 0.717) is 27.0 Å². The van der Waals surface area contributed by atoms with E-state index in [-0.39, 0.29) is 5.69 Å². The smallest absolute Gasteiger partial charge is 0.287 e. The number of hydrogen-bond acceptors (Lipinski definition) is 6. The number of nitrogens with zero attached hydrogens (tertiary/aromatic N) is 2. The Morgan fingerprint density at radius 3 is 2.52 bits per heavy atom. The molecule has 9 heteroatoms. The Balaban J connectivity index is 1.42. The van der Waals surface area contributed by atoms with Crippen molar-refractivity contribution < 1.29 is 14.0 Å². The Labute approximate surface area is 170 Å². The maximum absolute atomic E-state index is 12.5. The van der Waals surface area contributed by atoms with Gasteiger partial charge in [0.25, 0.3) is 11.8 Å². The van der Waals surface area contributed by atoms with E-state index in [9.17, 15) is 9.59 Å². The highest BCUT2D eigenvalue weighted by Crippen LogP contribution is 2.29. The molecule has 2 amide bonds.